The van der Waals surface area contributed by atoms with Gasteiger partial charge in [0.1, 0.15) is 18.1 Å². The quantitative estimate of drug-likeness (QED) is 0.422. The fourth-order valence-electron chi connectivity index (χ4n) is 2.59. The van der Waals surface area contributed by atoms with Crippen molar-refractivity contribution in [1.29, 1.82) is 0 Å². The van der Waals surface area contributed by atoms with Crippen LogP contribution in [0, 0.1) is 0 Å². The van der Waals surface area contributed by atoms with Crippen molar-refractivity contribution >= 4 is 5.96 Å². The minimum absolute atomic E-state index is 0.260. The zero-order valence-electron chi connectivity index (χ0n) is 15.7. The summed E-state index contributed by atoms with van der Waals surface area (Å²) in [5.74, 6) is 3.79. The second-order valence-corrected chi connectivity index (χ2v) is 5.84. The molecule has 0 atom stereocenters. The van der Waals surface area contributed by atoms with E-state index in [-0.39, 0.29) is 6.79 Å². The van der Waals surface area contributed by atoms with Gasteiger partial charge < -0.3 is 29.6 Å². The van der Waals surface area contributed by atoms with Crippen molar-refractivity contribution in [2.45, 2.75) is 13.5 Å². The first-order valence-electron chi connectivity index (χ1n) is 8.96. The van der Waals surface area contributed by atoms with Gasteiger partial charge in [0.05, 0.1) is 20.2 Å². The zero-order chi connectivity index (χ0) is 18.9. The van der Waals surface area contributed by atoms with Crippen molar-refractivity contribution in [2.24, 2.45) is 4.99 Å². The predicted molar refractivity (Wildman–Crippen MR) is 104 cm³/mol. The summed E-state index contributed by atoms with van der Waals surface area (Å²) in [6.45, 7) is 4.77. The van der Waals surface area contributed by atoms with E-state index >= 15 is 0 Å². The molecular weight excluding hydrogens is 346 g/mol. The van der Waals surface area contributed by atoms with E-state index in [1.807, 2.05) is 49.4 Å². The maximum absolute atomic E-state index is 5.76. The van der Waals surface area contributed by atoms with Gasteiger partial charge in [0.2, 0.25) is 6.79 Å². The SMILES string of the molecule is CCNC(=NCc1cccc(OC)c1)NCCOc1ccc2c(c1)OCO2. The maximum atomic E-state index is 5.76. The van der Waals surface area contributed by atoms with E-state index < -0.39 is 0 Å². The smallest absolute Gasteiger partial charge is 0.231 e. The fourth-order valence-corrected chi connectivity index (χ4v) is 2.59. The molecule has 27 heavy (non-hydrogen) atoms. The molecule has 0 aromatic heterocycles. The Hall–Kier alpha value is -3.09. The molecule has 2 N–H and O–H groups in total. The first-order valence-corrected chi connectivity index (χ1v) is 8.96. The molecule has 0 aliphatic carbocycles. The number of guanidine groups is 1. The van der Waals surface area contributed by atoms with Gasteiger partial charge in [-0.1, -0.05) is 12.1 Å². The van der Waals surface area contributed by atoms with E-state index in [4.69, 9.17) is 18.9 Å². The van der Waals surface area contributed by atoms with Gasteiger partial charge in [-0.05, 0) is 36.8 Å². The summed E-state index contributed by atoms with van der Waals surface area (Å²) in [7, 11) is 1.66. The number of ether oxygens (including phenoxy) is 4. The molecule has 0 fully saturated rings. The number of fused-ring (bicyclic) bond motifs is 1. The highest BCUT2D eigenvalue weighted by atomic mass is 16.7. The third-order valence-electron chi connectivity index (χ3n) is 3.91. The van der Waals surface area contributed by atoms with Crippen LogP contribution in [0.15, 0.2) is 47.5 Å². The molecule has 2 aromatic rings. The molecule has 0 bridgehead atoms. The summed E-state index contributed by atoms with van der Waals surface area (Å²) < 4.78 is 21.6. The van der Waals surface area contributed by atoms with E-state index in [0.717, 1.165) is 35.3 Å². The van der Waals surface area contributed by atoms with Gasteiger partial charge in [0, 0.05) is 12.6 Å². The summed E-state index contributed by atoms with van der Waals surface area (Å²) >= 11 is 0. The molecule has 1 aliphatic heterocycles. The Morgan fingerprint density at radius 3 is 2.81 bits per heavy atom. The number of hydrogen-bond acceptors (Lipinski definition) is 5. The molecule has 0 saturated carbocycles. The fraction of sp³-hybridized carbons (Fsp3) is 0.350. The van der Waals surface area contributed by atoms with E-state index in [1.165, 1.54) is 0 Å². The van der Waals surface area contributed by atoms with Crippen LogP contribution in [0.4, 0.5) is 0 Å². The number of nitrogens with zero attached hydrogens (tertiary/aromatic N) is 1. The number of nitrogens with one attached hydrogen (secondary N) is 2. The summed E-state index contributed by atoms with van der Waals surface area (Å²) in [4.78, 5) is 4.60. The van der Waals surface area contributed by atoms with Crippen LogP contribution >= 0.6 is 0 Å². The van der Waals surface area contributed by atoms with E-state index in [9.17, 15) is 0 Å². The lowest BCUT2D eigenvalue weighted by atomic mass is 10.2. The highest BCUT2D eigenvalue weighted by Gasteiger charge is 2.13. The Labute approximate surface area is 159 Å². The second-order valence-electron chi connectivity index (χ2n) is 5.84. The van der Waals surface area contributed by atoms with Crippen LogP contribution in [0.1, 0.15) is 12.5 Å². The van der Waals surface area contributed by atoms with Crippen molar-refractivity contribution in [3.05, 3.63) is 48.0 Å². The van der Waals surface area contributed by atoms with E-state index in [2.05, 4.69) is 15.6 Å². The maximum Gasteiger partial charge on any atom is 0.231 e. The molecule has 0 saturated heterocycles. The summed E-state index contributed by atoms with van der Waals surface area (Å²) in [6.07, 6.45) is 0. The van der Waals surface area contributed by atoms with Crippen LogP contribution in [-0.2, 0) is 6.54 Å². The minimum Gasteiger partial charge on any atom is -0.497 e. The van der Waals surface area contributed by atoms with E-state index in [1.54, 1.807) is 7.11 Å². The summed E-state index contributed by atoms with van der Waals surface area (Å²) in [5, 5.41) is 6.50. The van der Waals surface area contributed by atoms with Crippen molar-refractivity contribution in [3.8, 4) is 23.0 Å². The van der Waals surface area contributed by atoms with Crippen molar-refractivity contribution in [2.75, 3.05) is 33.6 Å². The summed E-state index contributed by atoms with van der Waals surface area (Å²) in [5.41, 5.74) is 1.09. The van der Waals surface area contributed by atoms with Crippen LogP contribution in [0.2, 0.25) is 0 Å². The van der Waals surface area contributed by atoms with Crippen LogP contribution in [-0.4, -0.2) is 39.6 Å². The molecule has 7 heteroatoms. The Morgan fingerprint density at radius 2 is 1.96 bits per heavy atom. The second kappa shape index (κ2) is 9.56. The van der Waals surface area contributed by atoms with E-state index in [0.29, 0.717) is 25.4 Å². The van der Waals surface area contributed by atoms with Crippen molar-refractivity contribution in [3.63, 3.8) is 0 Å². The number of aliphatic imine (C=N–C) groups is 1. The minimum atomic E-state index is 0.260. The highest BCUT2D eigenvalue weighted by molar-refractivity contribution is 5.79. The van der Waals surface area contributed by atoms with Crippen LogP contribution in [0.25, 0.3) is 0 Å². The Balaban J connectivity index is 1.47. The molecule has 0 radical (unpaired) electrons. The van der Waals surface area contributed by atoms with Gasteiger partial charge in [-0.15, -0.1) is 0 Å². The molecule has 2 aromatic carbocycles. The molecule has 7 nitrogen and oxygen atoms in total. The number of rotatable bonds is 8. The van der Waals surface area contributed by atoms with Gasteiger partial charge in [0.25, 0.3) is 0 Å². The molecule has 144 valence electrons. The molecule has 1 heterocycles. The topological polar surface area (TPSA) is 73.3 Å². The van der Waals surface area contributed by atoms with Crippen molar-refractivity contribution < 1.29 is 18.9 Å². The number of methoxy groups -OCH3 is 1. The predicted octanol–water partition coefficient (Wildman–Crippen LogP) is 2.56. The average molecular weight is 371 g/mol. The summed E-state index contributed by atoms with van der Waals surface area (Å²) in [6, 6.07) is 13.5. The molecule has 3 rings (SSSR count). The lowest BCUT2D eigenvalue weighted by Crippen LogP contribution is -2.39. The lowest BCUT2D eigenvalue weighted by Gasteiger charge is -2.12. The average Bonchev–Trinajstić information content (AvgIpc) is 3.17. The molecule has 1 aliphatic rings. The standard InChI is InChI=1S/C20H25N3O4/c1-3-21-20(23-13-15-5-4-6-16(11-15)24-2)22-9-10-25-17-7-8-18-19(12-17)27-14-26-18/h4-8,11-12H,3,9-10,13-14H2,1-2H3,(H2,21,22,23). The van der Waals surface area contributed by atoms with Gasteiger partial charge in [-0.25, -0.2) is 4.99 Å². The molecular formula is C20H25N3O4. The lowest BCUT2D eigenvalue weighted by molar-refractivity contribution is 0.173. The van der Waals surface area contributed by atoms with Gasteiger partial charge in [-0.2, -0.15) is 0 Å². The van der Waals surface area contributed by atoms with Gasteiger partial charge >= 0.3 is 0 Å². The third kappa shape index (κ3) is 5.44. The van der Waals surface area contributed by atoms with Crippen molar-refractivity contribution in [1.82, 2.24) is 10.6 Å². The Kier molecular flexibility index (Phi) is 6.62. The zero-order valence-corrected chi connectivity index (χ0v) is 15.7. The van der Waals surface area contributed by atoms with Gasteiger partial charge in [0.15, 0.2) is 17.5 Å². The third-order valence-corrected chi connectivity index (χ3v) is 3.91. The first kappa shape index (κ1) is 18.7. The number of benzene rings is 2. The molecule has 0 spiro atoms. The normalized spacial score (nSPS) is 12.6. The number of hydrogen-bond donors (Lipinski definition) is 2. The Morgan fingerprint density at radius 1 is 1.07 bits per heavy atom. The van der Waals surface area contributed by atoms with Crippen LogP contribution < -0.4 is 29.6 Å². The van der Waals surface area contributed by atoms with Gasteiger partial charge in [-0.3, -0.25) is 0 Å². The van der Waals surface area contributed by atoms with Crippen LogP contribution in [0.3, 0.4) is 0 Å². The van der Waals surface area contributed by atoms with Crippen LogP contribution in [0.5, 0.6) is 23.0 Å². The largest absolute Gasteiger partial charge is 0.497 e. The monoisotopic (exact) mass is 371 g/mol. The first-order chi connectivity index (χ1) is 13.3. The molecule has 0 unspecified atom stereocenters. The highest BCUT2D eigenvalue weighted by Crippen LogP contribution is 2.34. The molecule has 0 amide bonds. The Bertz CT molecular complexity index is 780.